The molecule has 2 aromatic rings. The molecule has 7 nitrogen and oxygen atoms in total. The Morgan fingerprint density at radius 3 is 2.48 bits per heavy atom. The van der Waals surface area contributed by atoms with Crippen LogP contribution in [0.4, 0.5) is 10.5 Å². The van der Waals surface area contributed by atoms with Gasteiger partial charge in [0.25, 0.3) is 0 Å². The lowest BCUT2D eigenvalue weighted by Crippen LogP contribution is -2.33. The maximum absolute atomic E-state index is 12.5. The monoisotopic (exact) mass is 371 g/mol. The Hall–Kier alpha value is -2.83. The van der Waals surface area contributed by atoms with Gasteiger partial charge in [-0.2, -0.15) is 5.10 Å². The van der Waals surface area contributed by atoms with Gasteiger partial charge in [-0.1, -0.05) is 18.2 Å². The molecule has 7 heteroatoms. The number of carbonyl (C=O) groups is 2. The van der Waals surface area contributed by atoms with Crippen molar-refractivity contribution in [2.75, 3.05) is 33.0 Å². The summed E-state index contributed by atoms with van der Waals surface area (Å²) in [5, 5.41) is 7.35. The smallest absolute Gasteiger partial charge is 0.321 e. The van der Waals surface area contributed by atoms with Gasteiger partial charge in [-0.15, -0.1) is 0 Å². The quantitative estimate of drug-likeness (QED) is 0.813. The summed E-state index contributed by atoms with van der Waals surface area (Å²) in [7, 11) is 5.21. The van der Waals surface area contributed by atoms with Crippen LogP contribution < -0.4 is 5.32 Å². The van der Waals surface area contributed by atoms with Gasteiger partial charge in [0.2, 0.25) is 5.91 Å². The number of hydrogen-bond donors (Lipinski definition) is 1. The van der Waals surface area contributed by atoms with Gasteiger partial charge >= 0.3 is 6.03 Å². The molecule has 0 aliphatic heterocycles. The lowest BCUT2D eigenvalue weighted by molar-refractivity contribution is -0.127. The molecule has 1 aromatic heterocycles. The van der Waals surface area contributed by atoms with Crippen molar-refractivity contribution in [2.45, 2.75) is 33.2 Å². The molecule has 0 saturated carbocycles. The number of anilines is 1. The van der Waals surface area contributed by atoms with Crippen LogP contribution >= 0.6 is 0 Å². The Morgan fingerprint density at radius 2 is 1.85 bits per heavy atom. The highest BCUT2D eigenvalue weighted by atomic mass is 16.2. The minimum atomic E-state index is -0.187. The van der Waals surface area contributed by atoms with E-state index in [-0.39, 0.29) is 18.4 Å². The lowest BCUT2D eigenvalue weighted by Gasteiger charge is -2.20. The summed E-state index contributed by atoms with van der Waals surface area (Å²) in [6, 6.07) is 9.25. The first-order chi connectivity index (χ1) is 12.8. The minimum Gasteiger partial charge on any atom is -0.349 e. The fraction of sp³-hybridized carbons (Fsp3) is 0.450. The van der Waals surface area contributed by atoms with Crippen LogP contribution in [0.2, 0.25) is 0 Å². The van der Waals surface area contributed by atoms with Crippen LogP contribution in [0, 0.1) is 13.8 Å². The number of para-hydroxylation sites is 1. The van der Waals surface area contributed by atoms with Crippen LogP contribution in [-0.2, 0) is 17.8 Å². The Morgan fingerprint density at radius 1 is 1.15 bits per heavy atom. The minimum absolute atomic E-state index is 0.00469. The maximum Gasteiger partial charge on any atom is 0.321 e. The number of aromatic nitrogens is 2. The van der Waals surface area contributed by atoms with Crippen molar-refractivity contribution in [3.05, 3.63) is 47.3 Å². The summed E-state index contributed by atoms with van der Waals surface area (Å²) in [5.74, 6) is -0.00469. The predicted octanol–water partition coefficient (Wildman–Crippen LogP) is 2.68. The standard InChI is InChI=1S/C20H29N5O2/c1-15-13-16(2)25(22-15)12-8-11-24(5)20(27)21-18-10-7-6-9-17(18)14-19(26)23(3)4/h6-7,9-10,13H,8,11-12,14H2,1-5H3,(H,21,27). The van der Waals surface area contributed by atoms with Crippen molar-refractivity contribution in [2.24, 2.45) is 0 Å². The van der Waals surface area contributed by atoms with E-state index in [0.717, 1.165) is 29.9 Å². The fourth-order valence-corrected chi connectivity index (χ4v) is 2.79. The van der Waals surface area contributed by atoms with Gasteiger partial charge < -0.3 is 15.1 Å². The van der Waals surface area contributed by atoms with Crippen molar-refractivity contribution in [3.63, 3.8) is 0 Å². The molecule has 0 unspecified atom stereocenters. The Bertz CT molecular complexity index is 797. The number of aryl methyl sites for hydroxylation is 3. The topological polar surface area (TPSA) is 70.5 Å². The fourth-order valence-electron chi connectivity index (χ4n) is 2.79. The molecule has 0 bridgehead atoms. The van der Waals surface area contributed by atoms with Crippen molar-refractivity contribution in [3.8, 4) is 0 Å². The van der Waals surface area contributed by atoms with Crippen LogP contribution in [0.15, 0.2) is 30.3 Å². The van der Waals surface area contributed by atoms with E-state index in [1.165, 1.54) is 0 Å². The van der Waals surface area contributed by atoms with Crippen molar-refractivity contribution in [1.82, 2.24) is 19.6 Å². The summed E-state index contributed by atoms with van der Waals surface area (Å²) in [6.45, 7) is 5.39. The number of benzene rings is 1. The van der Waals surface area contributed by atoms with Gasteiger partial charge in [0.15, 0.2) is 0 Å². The van der Waals surface area contributed by atoms with E-state index in [1.807, 2.05) is 48.9 Å². The van der Waals surface area contributed by atoms with Gasteiger partial charge in [0, 0.05) is 45.6 Å². The van der Waals surface area contributed by atoms with E-state index in [1.54, 1.807) is 30.9 Å². The summed E-state index contributed by atoms with van der Waals surface area (Å²) in [6.07, 6.45) is 1.07. The number of nitrogens with one attached hydrogen (secondary N) is 1. The van der Waals surface area contributed by atoms with Crippen LogP contribution in [0.5, 0.6) is 0 Å². The van der Waals surface area contributed by atoms with Crippen LogP contribution in [0.25, 0.3) is 0 Å². The molecule has 1 heterocycles. The molecule has 3 amide bonds. The first kappa shape index (κ1) is 20.5. The summed E-state index contributed by atoms with van der Waals surface area (Å²) in [5.41, 5.74) is 3.60. The molecule has 2 rings (SSSR count). The molecule has 0 spiro atoms. The third-order valence-electron chi connectivity index (χ3n) is 4.41. The third kappa shape index (κ3) is 5.84. The Balaban J connectivity index is 1.90. The number of likely N-dealkylation sites (N-methyl/N-ethyl adjacent to an activating group) is 1. The zero-order chi connectivity index (χ0) is 20.0. The van der Waals surface area contributed by atoms with Crippen LogP contribution in [0.1, 0.15) is 23.4 Å². The molecular weight excluding hydrogens is 342 g/mol. The Kier molecular flexibility index (Phi) is 6.98. The van der Waals surface area contributed by atoms with Crippen LogP contribution in [-0.4, -0.2) is 59.2 Å². The SMILES string of the molecule is Cc1cc(C)n(CCCN(C)C(=O)Nc2ccccc2CC(=O)N(C)C)n1. The number of urea groups is 1. The number of amides is 3. The van der Waals surface area contributed by atoms with Crippen LogP contribution in [0.3, 0.4) is 0 Å². The zero-order valence-corrected chi connectivity index (χ0v) is 16.8. The zero-order valence-electron chi connectivity index (χ0n) is 16.8. The second kappa shape index (κ2) is 9.21. The first-order valence-electron chi connectivity index (χ1n) is 9.09. The highest BCUT2D eigenvalue weighted by Gasteiger charge is 2.14. The lowest BCUT2D eigenvalue weighted by atomic mass is 10.1. The molecule has 0 atom stereocenters. The average molecular weight is 371 g/mol. The van der Waals surface area contributed by atoms with Crippen molar-refractivity contribution in [1.29, 1.82) is 0 Å². The molecule has 0 fully saturated rings. The molecule has 0 aliphatic carbocycles. The molecule has 1 aromatic carbocycles. The van der Waals surface area contributed by atoms with Gasteiger partial charge in [-0.05, 0) is 38.0 Å². The molecule has 146 valence electrons. The Labute approximate surface area is 161 Å². The average Bonchev–Trinajstić information content (AvgIpc) is 2.93. The molecule has 1 N–H and O–H groups in total. The molecule has 0 saturated heterocycles. The van der Waals surface area contributed by atoms with Gasteiger partial charge in [-0.3, -0.25) is 9.48 Å². The number of nitrogens with zero attached hydrogens (tertiary/aromatic N) is 4. The summed E-state index contributed by atoms with van der Waals surface area (Å²) in [4.78, 5) is 27.7. The first-order valence-corrected chi connectivity index (χ1v) is 9.09. The van der Waals surface area contributed by atoms with Gasteiger partial charge in [0.1, 0.15) is 0 Å². The van der Waals surface area contributed by atoms with E-state index >= 15 is 0 Å². The number of carbonyl (C=O) groups excluding carboxylic acids is 2. The van der Waals surface area contributed by atoms with Gasteiger partial charge in [0.05, 0.1) is 12.1 Å². The second-order valence-corrected chi connectivity index (χ2v) is 6.98. The number of hydrogen-bond acceptors (Lipinski definition) is 3. The van der Waals surface area contributed by atoms with E-state index in [0.29, 0.717) is 12.2 Å². The van der Waals surface area contributed by atoms with E-state index in [2.05, 4.69) is 10.4 Å². The van der Waals surface area contributed by atoms with Crippen molar-refractivity contribution >= 4 is 17.6 Å². The van der Waals surface area contributed by atoms with E-state index < -0.39 is 0 Å². The highest BCUT2D eigenvalue weighted by molar-refractivity contribution is 5.91. The molecule has 0 radical (unpaired) electrons. The summed E-state index contributed by atoms with van der Waals surface area (Å²) >= 11 is 0. The largest absolute Gasteiger partial charge is 0.349 e. The van der Waals surface area contributed by atoms with Gasteiger partial charge in [-0.25, -0.2) is 4.79 Å². The summed E-state index contributed by atoms with van der Waals surface area (Å²) < 4.78 is 1.96. The van der Waals surface area contributed by atoms with E-state index in [9.17, 15) is 9.59 Å². The molecule has 0 aliphatic rings. The maximum atomic E-state index is 12.5. The second-order valence-electron chi connectivity index (χ2n) is 6.98. The van der Waals surface area contributed by atoms with Crippen molar-refractivity contribution < 1.29 is 9.59 Å². The normalized spacial score (nSPS) is 10.6. The highest BCUT2D eigenvalue weighted by Crippen LogP contribution is 2.17. The predicted molar refractivity (Wildman–Crippen MR) is 107 cm³/mol. The molecule has 27 heavy (non-hydrogen) atoms. The number of rotatable bonds is 7. The molecular formula is C20H29N5O2. The third-order valence-corrected chi connectivity index (χ3v) is 4.41. The van der Waals surface area contributed by atoms with E-state index in [4.69, 9.17) is 0 Å².